The molecular weight excluding hydrogens is 190 g/mol. The van der Waals surface area contributed by atoms with Crippen LogP contribution in [0, 0.1) is 0 Å². The number of nitrogens with zero attached hydrogens (tertiary/aromatic N) is 3. The van der Waals surface area contributed by atoms with Crippen LogP contribution in [-0.4, -0.2) is 33.9 Å². The third-order valence-corrected chi connectivity index (χ3v) is 2.97. The van der Waals surface area contributed by atoms with E-state index < -0.39 is 0 Å². The van der Waals surface area contributed by atoms with Gasteiger partial charge in [0.05, 0.1) is 6.04 Å². The van der Waals surface area contributed by atoms with Crippen molar-refractivity contribution in [2.45, 2.75) is 31.8 Å². The van der Waals surface area contributed by atoms with Crippen LogP contribution in [-0.2, 0) is 7.05 Å². The van der Waals surface area contributed by atoms with Gasteiger partial charge in [0.25, 0.3) is 0 Å². The molecule has 2 atom stereocenters. The summed E-state index contributed by atoms with van der Waals surface area (Å²) < 4.78 is 1.96. The molecule has 0 aliphatic carbocycles. The van der Waals surface area contributed by atoms with E-state index in [1.54, 1.807) is 6.33 Å². The van der Waals surface area contributed by atoms with Crippen LogP contribution < -0.4 is 10.6 Å². The summed E-state index contributed by atoms with van der Waals surface area (Å²) in [4.78, 5) is 0. The first-order valence-electron chi connectivity index (χ1n) is 5.58. The maximum Gasteiger partial charge on any atom is 0.149 e. The third kappa shape index (κ3) is 2.54. The van der Waals surface area contributed by atoms with E-state index in [4.69, 9.17) is 0 Å². The first-order chi connectivity index (χ1) is 7.27. The van der Waals surface area contributed by atoms with E-state index >= 15 is 0 Å². The fourth-order valence-electron chi connectivity index (χ4n) is 2.03. The van der Waals surface area contributed by atoms with Crippen LogP contribution >= 0.6 is 0 Å². The Morgan fingerprint density at radius 2 is 2.60 bits per heavy atom. The van der Waals surface area contributed by atoms with E-state index in [0.29, 0.717) is 6.04 Å². The largest absolute Gasteiger partial charge is 0.319 e. The lowest BCUT2D eigenvalue weighted by Gasteiger charge is -2.16. The Kier molecular flexibility index (Phi) is 3.33. The molecule has 1 aliphatic rings. The zero-order valence-electron chi connectivity index (χ0n) is 9.40. The van der Waals surface area contributed by atoms with Crippen molar-refractivity contribution in [3.63, 3.8) is 0 Å². The van der Waals surface area contributed by atoms with Crippen molar-refractivity contribution in [1.29, 1.82) is 0 Å². The molecule has 2 rings (SSSR count). The normalized spacial score (nSPS) is 23.2. The van der Waals surface area contributed by atoms with Crippen LogP contribution in [0.25, 0.3) is 0 Å². The summed E-state index contributed by atoms with van der Waals surface area (Å²) in [5, 5.41) is 14.9. The lowest BCUT2D eigenvalue weighted by atomic mass is 10.2. The highest BCUT2D eigenvalue weighted by Gasteiger charge is 2.16. The Bertz CT molecular complexity index is 303. The molecule has 2 N–H and O–H groups in total. The van der Waals surface area contributed by atoms with Crippen LogP contribution in [0.1, 0.15) is 31.6 Å². The van der Waals surface area contributed by atoms with Crippen LogP contribution in [0.3, 0.4) is 0 Å². The van der Waals surface area contributed by atoms with Gasteiger partial charge in [-0.3, -0.25) is 0 Å². The van der Waals surface area contributed by atoms with Crippen molar-refractivity contribution in [3.8, 4) is 0 Å². The van der Waals surface area contributed by atoms with Crippen LogP contribution in [0.4, 0.5) is 0 Å². The van der Waals surface area contributed by atoms with Crippen LogP contribution in [0.5, 0.6) is 0 Å². The van der Waals surface area contributed by atoms with Crippen molar-refractivity contribution in [1.82, 2.24) is 25.4 Å². The molecular formula is C10H19N5. The molecule has 1 aromatic heterocycles. The second-order valence-corrected chi connectivity index (χ2v) is 4.22. The monoisotopic (exact) mass is 209 g/mol. The molecule has 15 heavy (non-hydrogen) atoms. The highest BCUT2D eigenvalue weighted by molar-refractivity contribution is 4.92. The Morgan fingerprint density at radius 3 is 3.20 bits per heavy atom. The molecule has 0 radical (unpaired) electrons. The summed E-state index contributed by atoms with van der Waals surface area (Å²) in [6.45, 7) is 4.29. The Morgan fingerprint density at radius 1 is 1.73 bits per heavy atom. The predicted molar refractivity (Wildman–Crippen MR) is 58.4 cm³/mol. The second-order valence-electron chi connectivity index (χ2n) is 4.22. The summed E-state index contributed by atoms with van der Waals surface area (Å²) in [5.74, 6) is 0.994. The SMILES string of the molecule is CC(NCC1CCCN1)c1nncn1C. The zero-order valence-corrected chi connectivity index (χ0v) is 9.40. The molecule has 0 saturated carbocycles. The van der Waals surface area contributed by atoms with Gasteiger partial charge in [-0.05, 0) is 26.3 Å². The lowest BCUT2D eigenvalue weighted by Crippen LogP contribution is -2.35. The van der Waals surface area contributed by atoms with Crippen LogP contribution in [0.2, 0.25) is 0 Å². The molecule has 2 unspecified atom stereocenters. The topological polar surface area (TPSA) is 54.8 Å². The minimum Gasteiger partial charge on any atom is -0.319 e. The minimum absolute atomic E-state index is 0.264. The molecule has 1 aromatic rings. The minimum atomic E-state index is 0.264. The van der Waals surface area contributed by atoms with E-state index in [1.165, 1.54) is 12.8 Å². The maximum absolute atomic E-state index is 4.09. The van der Waals surface area contributed by atoms with E-state index in [-0.39, 0.29) is 6.04 Å². The van der Waals surface area contributed by atoms with E-state index in [1.807, 2.05) is 11.6 Å². The van der Waals surface area contributed by atoms with Gasteiger partial charge in [-0.2, -0.15) is 0 Å². The molecule has 5 nitrogen and oxygen atoms in total. The van der Waals surface area contributed by atoms with Gasteiger partial charge in [0.1, 0.15) is 12.2 Å². The standard InChI is InChI=1S/C10H19N5/c1-8(10-14-13-7-15(10)2)12-6-9-4-3-5-11-9/h7-9,11-12H,3-6H2,1-2H3. The average Bonchev–Trinajstić information content (AvgIpc) is 2.84. The highest BCUT2D eigenvalue weighted by atomic mass is 15.3. The fourth-order valence-corrected chi connectivity index (χ4v) is 2.03. The van der Waals surface area contributed by atoms with Crippen molar-refractivity contribution in [2.75, 3.05) is 13.1 Å². The fraction of sp³-hybridized carbons (Fsp3) is 0.800. The number of hydrogen-bond donors (Lipinski definition) is 2. The molecule has 0 amide bonds. The van der Waals surface area contributed by atoms with Gasteiger partial charge in [0.2, 0.25) is 0 Å². The Hall–Kier alpha value is -0.940. The molecule has 84 valence electrons. The molecule has 1 aliphatic heterocycles. The van der Waals surface area contributed by atoms with Gasteiger partial charge in [-0.25, -0.2) is 0 Å². The van der Waals surface area contributed by atoms with E-state index in [2.05, 4.69) is 27.8 Å². The van der Waals surface area contributed by atoms with Crippen molar-refractivity contribution in [3.05, 3.63) is 12.2 Å². The molecule has 0 bridgehead atoms. The molecule has 1 saturated heterocycles. The zero-order chi connectivity index (χ0) is 10.7. The number of nitrogens with one attached hydrogen (secondary N) is 2. The summed E-state index contributed by atoms with van der Waals surface area (Å²) in [6.07, 6.45) is 4.31. The van der Waals surface area contributed by atoms with Crippen molar-refractivity contribution >= 4 is 0 Å². The second kappa shape index (κ2) is 4.72. The quantitative estimate of drug-likeness (QED) is 0.744. The smallest absolute Gasteiger partial charge is 0.149 e. The summed E-state index contributed by atoms with van der Waals surface area (Å²) in [5.41, 5.74) is 0. The Labute approximate surface area is 90.3 Å². The van der Waals surface area contributed by atoms with Crippen molar-refractivity contribution < 1.29 is 0 Å². The summed E-state index contributed by atoms with van der Waals surface area (Å²) in [6, 6.07) is 0.889. The number of aryl methyl sites for hydroxylation is 1. The third-order valence-electron chi connectivity index (χ3n) is 2.97. The van der Waals surface area contributed by atoms with Gasteiger partial charge in [-0.1, -0.05) is 0 Å². The molecule has 0 aromatic carbocycles. The number of hydrogen-bond acceptors (Lipinski definition) is 4. The van der Waals surface area contributed by atoms with E-state index in [0.717, 1.165) is 18.9 Å². The number of rotatable bonds is 4. The van der Waals surface area contributed by atoms with Gasteiger partial charge >= 0.3 is 0 Å². The summed E-state index contributed by atoms with van der Waals surface area (Å²) >= 11 is 0. The maximum atomic E-state index is 4.09. The van der Waals surface area contributed by atoms with Gasteiger partial charge < -0.3 is 15.2 Å². The van der Waals surface area contributed by atoms with Crippen molar-refractivity contribution in [2.24, 2.45) is 7.05 Å². The van der Waals surface area contributed by atoms with Crippen LogP contribution in [0.15, 0.2) is 6.33 Å². The lowest BCUT2D eigenvalue weighted by molar-refractivity contribution is 0.469. The Balaban J connectivity index is 1.81. The predicted octanol–water partition coefficient (Wildman–Crippen LogP) is 0.218. The summed E-state index contributed by atoms with van der Waals surface area (Å²) in [7, 11) is 1.97. The van der Waals surface area contributed by atoms with E-state index in [9.17, 15) is 0 Å². The van der Waals surface area contributed by atoms with Gasteiger partial charge in [-0.15, -0.1) is 10.2 Å². The molecule has 0 spiro atoms. The molecule has 1 fully saturated rings. The average molecular weight is 209 g/mol. The molecule has 2 heterocycles. The van der Waals surface area contributed by atoms with Gasteiger partial charge in [0.15, 0.2) is 0 Å². The number of aromatic nitrogens is 3. The first-order valence-corrected chi connectivity index (χ1v) is 5.58. The molecule has 5 heteroatoms. The van der Waals surface area contributed by atoms with Gasteiger partial charge in [0, 0.05) is 19.6 Å². The highest BCUT2D eigenvalue weighted by Crippen LogP contribution is 2.09. The first kappa shape index (κ1) is 10.6.